The van der Waals surface area contributed by atoms with Gasteiger partial charge in [0, 0.05) is 75.9 Å². The number of nitrogens with one attached hydrogen (secondary N) is 4. The quantitative estimate of drug-likeness (QED) is 0.00608. The average molecular weight is 1530 g/mol. The third-order valence-electron chi connectivity index (χ3n) is 15.8. The molecule has 0 saturated carbocycles. The van der Waals surface area contributed by atoms with Crippen LogP contribution in [-0.4, -0.2) is 159 Å². The van der Waals surface area contributed by atoms with Crippen molar-refractivity contribution in [3.63, 3.8) is 0 Å². The number of benzene rings is 4. The predicted octanol–water partition coefficient (Wildman–Crippen LogP) is 12.6. The molecule has 7 aromatic rings. The number of thiazole rings is 2. The second kappa shape index (κ2) is 36.4. The standard InChI is InChI=1S/C65H77N17O12S5.O3S/c1-10-79(11-2)51-35-47(49(37-53(51)93-8)75-77-64-70-57(81-27-17-15-18-28-81)55(96-64)33-45(39(6)83)59(85)66-41-23-21-25-43(31-41)98(87,88)89)68-61-72-62(74-63(73-61)95-14-5)69-48-36-52(80(12-3)13-4)54(94-9)38-50(48)76-78-65-71-58(82-29-19-16-20-30-82)56(97-65)34-46(40(7)84)60(86)67-42-24-22-26-44(32-42)99(90,91)92;1-4(2)3/h21-26,31-38H,10-20,27-30H2,1-9H3,(H,66,85)(H,67,86)(H,87,88,89)(H,90,91,92)(H2,68,69,72,73,74);/b45-33-,46-34+,77-75?,78-76?;. The Morgan fingerprint density at radius 2 is 0.951 bits per heavy atom. The van der Waals surface area contributed by atoms with Crippen LogP contribution < -0.4 is 50.3 Å². The highest BCUT2D eigenvalue weighted by atomic mass is 32.2. The molecule has 2 amide bonds. The van der Waals surface area contributed by atoms with E-state index in [1.807, 2.05) is 46.8 Å². The van der Waals surface area contributed by atoms with Crippen LogP contribution in [0.4, 0.5) is 79.3 Å². The predicted molar refractivity (Wildman–Crippen MR) is 397 cm³/mol. The normalized spacial score (nSPS) is 13.7. The van der Waals surface area contributed by atoms with Gasteiger partial charge in [0.2, 0.25) is 22.2 Å². The number of carbonyl (C=O) groups is 4. The molecule has 32 nitrogen and oxygen atoms in total. The minimum Gasteiger partial charge on any atom is -0.494 e. The van der Waals surface area contributed by atoms with E-state index in [1.54, 1.807) is 26.4 Å². The van der Waals surface area contributed by atoms with E-state index in [-0.39, 0.29) is 44.7 Å². The summed E-state index contributed by atoms with van der Waals surface area (Å²) in [7, 11) is -9.18. The number of hydrogen-bond acceptors (Lipinski definition) is 31. The van der Waals surface area contributed by atoms with Crippen molar-refractivity contribution in [3.05, 3.63) is 93.7 Å². The fraction of sp³-hybridized carbons (Fsp3) is 0.369. The molecule has 3 aromatic heterocycles. The second-order valence-corrected chi connectivity index (χ2v) is 29.1. The Morgan fingerprint density at radius 3 is 1.28 bits per heavy atom. The molecule has 0 atom stereocenters. The van der Waals surface area contributed by atoms with Crippen molar-refractivity contribution in [1.82, 2.24) is 24.9 Å². The van der Waals surface area contributed by atoms with E-state index >= 15 is 0 Å². The molecule has 4 aromatic carbocycles. The van der Waals surface area contributed by atoms with Crippen LogP contribution in [0.1, 0.15) is 96.7 Å². The molecule has 2 fully saturated rings. The van der Waals surface area contributed by atoms with E-state index in [0.717, 1.165) is 84.7 Å². The third-order valence-corrected chi connectivity index (χ3v) is 20.0. The van der Waals surface area contributed by atoms with Crippen molar-refractivity contribution in [2.24, 2.45) is 20.5 Å². The lowest BCUT2D eigenvalue weighted by Crippen LogP contribution is -2.30. The van der Waals surface area contributed by atoms with Crippen molar-refractivity contribution < 1.29 is 67.2 Å². The SMILES string of the molecule is CCSc1nc(Nc2cc(N(CC)CC)c(OC)cc2N=Nc2nc(N3CCCCC3)c(/C=C(/C(C)=O)C(=O)Nc3cccc(S(=O)(=O)O)c3)s2)nc(Nc2cc(N(CC)CC)c(OC)cc2N=Nc2nc(N3CCCCC3)c(/C=C(\C(C)=O)C(=O)Nc3cccc(S(=O)(=O)O)c3)s2)n1.O=S(=O)=O. The number of azo groups is 2. The number of carbonyl (C=O) groups excluding carboxylic acids is 4. The number of thioether (sulfide) groups is 1. The fourth-order valence-corrected chi connectivity index (χ4v) is 14.2. The number of ketones is 2. The average Bonchev–Trinajstić information content (AvgIpc) is 1.69. The Bertz CT molecular complexity index is 4480. The first-order valence-electron chi connectivity index (χ1n) is 32.4. The molecule has 0 spiro atoms. The molecule has 2 saturated heterocycles. The molecule has 5 heterocycles. The van der Waals surface area contributed by atoms with Crippen LogP contribution in [0.5, 0.6) is 11.5 Å². The second-order valence-electron chi connectivity index (χ2n) is 22.6. The Labute approximate surface area is 609 Å². The Morgan fingerprint density at radius 1 is 0.573 bits per heavy atom. The lowest BCUT2D eigenvalue weighted by atomic mass is 10.1. The van der Waals surface area contributed by atoms with Crippen LogP contribution in [0.25, 0.3) is 12.2 Å². The summed E-state index contributed by atoms with van der Waals surface area (Å²) >= 11 is 3.58. The van der Waals surface area contributed by atoms with Gasteiger partial charge in [-0.1, -0.05) is 53.5 Å². The molecule has 2 aliphatic rings. The summed E-state index contributed by atoms with van der Waals surface area (Å²) in [6, 6.07) is 17.2. The summed E-state index contributed by atoms with van der Waals surface area (Å²) in [5, 5.41) is 31.6. The van der Waals surface area contributed by atoms with Crippen LogP contribution in [0, 0.1) is 0 Å². The summed E-state index contributed by atoms with van der Waals surface area (Å²) < 4.78 is 104. The van der Waals surface area contributed by atoms with E-state index in [9.17, 15) is 45.1 Å². The van der Waals surface area contributed by atoms with Gasteiger partial charge in [0.1, 0.15) is 34.5 Å². The van der Waals surface area contributed by atoms with Gasteiger partial charge >= 0.3 is 10.6 Å². The van der Waals surface area contributed by atoms with Crippen molar-refractivity contribution in [2.75, 3.05) is 113 Å². The largest absolute Gasteiger partial charge is 0.494 e. The molecule has 0 bridgehead atoms. The van der Waals surface area contributed by atoms with Gasteiger partial charge in [-0.2, -0.15) is 41.8 Å². The number of nitrogens with zero attached hydrogens (tertiary/aromatic N) is 13. The highest BCUT2D eigenvalue weighted by Gasteiger charge is 2.27. The topological polar surface area (TPSA) is 422 Å². The number of rotatable bonds is 30. The minimum absolute atomic E-state index is 0.0372. The number of piperidine rings is 2. The number of anilines is 10. The van der Waals surface area contributed by atoms with Crippen LogP contribution in [0.2, 0.25) is 0 Å². The monoisotopic (exact) mass is 1530 g/mol. The highest BCUT2D eigenvalue weighted by molar-refractivity contribution is 7.99. The first-order valence-corrected chi connectivity index (χ1v) is 38.9. The van der Waals surface area contributed by atoms with Crippen LogP contribution >= 0.6 is 34.4 Å². The Kier molecular flexibility index (Phi) is 28.0. The highest BCUT2D eigenvalue weighted by Crippen LogP contribution is 2.45. The van der Waals surface area contributed by atoms with Gasteiger partial charge in [0.05, 0.1) is 67.7 Å². The zero-order valence-electron chi connectivity index (χ0n) is 57.7. The van der Waals surface area contributed by atoms with Gasteiger partial charge in [0.15, 0.2) is 16.7 Å². The lowest BCUT2D eigenvalue weighted by molar-refractivity contribution is -0.120. The number of amides is 2. The molecule has 2 aliphatic heterocycles. The lowest BCUT2D eigenvalue weighted by Gasteiger charge is -2.27. The van der Waals surface area contributed by atoms with Crippen LogP contribution in [-0.2, 0) is 50.0 Å². The maximum Gasteiger partial charge on any atom is 0.425 e. The van der Waals surface area contributed by atoms with Crippen LogP contribution in [0.15, 0.2) is 119 Å². The molecule has 0 radical (unpaired) electrons. The molecule has 9 rings (SSSR count). The first kappa shape index (κ1) is 79.0. The van der Waals surface area contributed by atoms with E-state index < -0.39 is 64.0 Å². The van der Waals surface area contributed by atoms with Gasteiger partial charge in [-0.3, -0.25) is 28.3 Å². The summed E-state index contributed by atoms with van der Waals surface area (Å²) in [4.78, 5) is 87.0. The smallest absolute Gasteiger partial charge is 0.425 e. The zero-order chi connectivity index (χ0) is 74.7. The fourth-order valence-electron chi connectivity index (χ4n) is 10.9. The molecular weight excluding hydrogens is 1450 g/mol. The summed E-state index contributed by atoms with van der Waals surface area (Å²) in [6.07, 6.45) is 8.40. The maximum absolute atomic E-state index is 13.8. The van der Waals surface area contributed by atoms with Gasteiger partial charge in [-0.25, -0.2) is 0 Å². The summed E-state index contributed by atoms with van der Waals surface area (Å²) in [5.41, 5.74) is 2.46. The molecule has 103 heavy (non-hydrogen) atoms. The van der Waals surface area contributed by atoms with Gasteiger partial charge in [-0.15, -0.1) is 33.1 Å². The van der Waals surface area contributed by atoms with Crippen molar-refractivity contribution in [2.45, 2.75) is 102 Å². The molecule has 0 unspecified atom stereocenters. The summed E-state index contributed by atoms with van der Waals surface area (Å²) in [6.45, 7) is 17.6. The van der Waals surface area contributed by atoms with E-state index in [1.165, 1.54) is 74.2 Å². The molecular formula is C65H77N17O15S6. The molecule has 6 N–H and O–H groups in total. The molecule has 0 aliphatic carbocycles. The van der Waals surface area contributed by atoms with Gasteiger partial charge in [-0.05, 0) is 147 Å². The number of aromatic nitrogens is 5. The van der Waals surface area contributed by atoms with E-state index in [4.69, 9.17) is 57.2 Å². The first-order chi connectivity index (χ1) is 49.2. The van der Waals surface area contributed by atoms with E-state index in [0.29, 0.717) is 119 Å². The van der Waals surface area contributed by atoms with Crippen molar-refractivity contribution in [1.29, 1.82) is 0 Å². The maximum atomic E-state index is 13.8. The molecule has 38 heteroatoms. The van der Waals surface area contributed by atoms with Gasteiger partial charge in [0.25, 0.3) is 32.1 Å². The van der Waals surface area contributed by atoms with E-state index in [2.05, 4.69) is 51.1 Å². The zero-order valence-corrected chi connectivity index (χ0v) is 62.6. The van der Waals surface area contributed by atoms with Crippen molar-refractivity contribution >= 4 is 180 Å². The molecule has 548 valence electrons. The Balaban J connectivity index is 0.00000327. The number of methoxy groups -OCH3 is 2. The third kappa shape index (κ3) is 21.5. The minimum atomic E-state index is -4.59. The number of hydrogen-bond donors (Lipinski definition) is 6. The van der Waals surface area contributed by atoms with Gasteiger partial charge < -0.3 is 50.3 Å². The number of Topliss-reactive ketones (excluding diaryl/α,β-unsaturated/α-hetero) is 2. The van der Waals surface area contributed by atoms with Crippen LogP contribution in [0.3, 0.4) is 0 Å². The summed E-state index contributed by atoms with van der Waals surface area (Å²) in [5.74, 6) is -0.00813. The Hall–Kier alpha value is -9.70. The van der Waals surface area contributed by atoms with Crippen molar-refractivity contribution in [3.8, 4) is 11.5 Å². The number of ether oxygens (including phenoxy) is 2.